The van der Waals surface area contributed by atoms with E-state index in [-0.39, 0.29) is 12.5 Å². The van der Waals surface area contributed by atoms with E-state index in [1.807, 2.05) is 6.08 Å². The third-order valence-electron chi connectivity index (χ3n) is 12.5. The SMILES string of the molecule is CCCCCCCCCCC/C=C\C/C=C\CCCCCCCCCCCC(=O)NC(CO)C(O)/C=C/CC/C=C/CCCCCCCCCCCCCCCCCCCC. The lowest BCUT2D eigenvalue weighted by atomic mass is 10.0. The summed E-state index contributed by atoms with van der Waals surface area (Å²) in [5.41, 5.74) is 0. The molecule has 358 valence electrons. The van der Waals surface area contributed by atoms with Gasteiger partial charge in [0.15, 0.2) is 0 Å². The maximum Gasteiger partial charge on any atom is 0.220 e. The lowest BCUT2D eigenvalue weighted by Gasteiger charge is -2.19. The zero-order chi connectivity index (χ0) is 44.2. The van der Waals surface area contributed by atoms with Gasteiger partial charge in [0.2, 0.25) is 5.91 Å². The Kier molecular flexibility index (Phi) is 51.3. The van der Waals surface area contributed by atoms with Gasteiger partial charge in [-0.05, 0) is 64.2 Å². The molecule has 0 aromatic carbocycles. The molecule has 2 unspecified atom stereocenters. The van der Waals surface area contributed by atoms with Crippen LogP contribution in [0.1, 0.15) is 290 Å². The molecule has 0 aliphatic carbocycles. The molecule has 4 heteroatoms. The number of carbonyl (C=O) groups is 1. The summed E-state index contributed by atoms with van der Waals surface area (Å²) in [6, 6.07) is -0.643. The van der Waals surface area contributed by atoms with Crippen molar-refractivity contribution in [2.45, 2.75) is 302 Å². The van der Waals surface area contributed by atoms with Gasteiger partial charge in [0.1, 0.15) is 0 Å². The molecule has 0 spiro atoms. The van der Waals surface area contributed by atoms with Gasteiger partial charge in [-0.15, -0.1) is 0 Å². The topological polar surface area (TPSA) is 69.6 Å². The molecular formula is C57H107NO3. The maximum atomic E-state index is 12.5. The van der Waals surface area contributed by atoms with Gasteiger partial charge in [0.25, 0.3) is 0 Å². The number of hydrogen-bond acceptors (Lipinski definition) is 3. The summed E-state index contributed by atoms with van der Waals surface area (Å²) in [6.07, 6.45) is 72.6. The standard InChI is InChI=1S/C57H107NO3/c1-3-5-7-9-11-13-15-17-19-21-23-25-27-29-31-33-35-37-39-41-43-45-47-49-51-53-57(61)58-55(54-59)56(60)52-50-48-46-44-42-40-38-36-34-32-30-28-26-24-22-20-18-16-14-12-10-8-6-4-2/h23,25,29,31,42,44,50,52,55-56,59-60H,3-22,24,26-28,30,32-41,43,45-49,51,53-54H2,1-2H3,(H,58,61)/b25-23-,31-29-,44-42+,52-50+. The predicted molar refractivity (Wildman–Crippen MR) is 271 cm³/mol. The van der Waals surface area contributed by atoms with Crippen LogP contribution in [-0.2, 0) is 4.79 Å². The van der Waals surface area contributed by atoms with Crippen LogP contribution < -0.4 is 5.32 Å². The van der Waals surface area contributed by atoms with Gasteiger partial charge in [-0.1, -0.05) is 268 Å². The molecule has 0 rings (SSSR count). The quantitative estimate of drug-likeness (QED) is 0.0422. The number of amides is 1. The van der Waals surface area contributed by atoms with Crippen LogP contribution in [0.25, 0.3) is 0 Å². The van der Waals surface area contributed by atoms with Gasteiger partial charge in [-0.25, -0.2) is 0 Å². The minimum atomic E-state index is -0.866. The Morgan fingerprint density at radius 2 is 0.689 bits per heavy atom. The summed E-state index contributed by atoms with van der Waals surface area (Å²) in [6.45, 7) is 4.32. The smallest absolute Gasteiger partial charge is 0.220 e. The van der Waals surface area contributed by atoms with Gasteiger partial charge < -0.3 is 15.5 Å². The number of nitrogens with one attached hydrogen (secondary N) is 1. The molecule has 0 fully saturated rings. The van der Waals surface area contributed by atoms with Crippen LogP contribution in [0.15, 0.2) is 48.6 Å². The van der Waals surface area contributed by atoms with Crippen molar-refractivity contribution in [2.24, 2.45) is 0 Å². The zero-order valence-corrected chi connectivity index (χ0v) is 41.2. The fourth-order valence-corrected chi connectivity index (χ4v) is 8.34. The molecule has 3 N–H and O–H groups in total. The van der Waals surface area contributed by atoms with Crippen LogP contribution >= 0.6 is 0 Å². The Bertz CT molecular complexity index is 970. The molecule has 0 aromatic rings. The van der Waals surface area contributed by atoms with Gasteiger partial charge in [-0.2, -0.15) is 0 Å². The first-order chi connectivity index (χ1) is 30.2. The molecule has 0 heterocycles. The summed E-state index contributed by atoms with van der Waals surface area (Å²) in [5, 5.41) is 23.1. The van der Waals surface area contributed by atoms with Crippen molar-refractivity contribution >= 4 is 5.91 Å². The van der Waals surface area contributed by atoms with Crippen molar-refractivity contribution in [2.75, 3.05) is 6.61 Å². The van der Waals surface area contributed by atoms with E-state index in [1.165, 1.54) is 231 Å². The highest BCUT2D eigenvalue weighted by atomic mass is 16.3. The van der Waals surface area contributed by atoms with Crippen LogP contribution in [0, 0.1) is 0 Å². The first kappa shape index (κ1) is 59.4. The Morgan fingerprint density at radius 1 is 0.393 bits per heavy atom. The molecular weight excluding hydrogens is 747 g/mol. The van der Waals surface area contributed by atoms with Crippen LogP contribution in [-0.4, -0.2) is 34.9 Å². The van der Waals surface area contributed by atoms with E-state index in [0.717, 1.165) is 38.5 Å². The van der Waals surface area contributed by atoms with Crippen LogP contribution in [0.2, 0.25) is 0 Å². The van der Waals surface area contributed by atoms with E-state index in [1.54, 1.807) is 6.08 Å². The molecule has 0 bridgehead atoms. The van der Waals surface area contributed by atoms with Gasteiger partial charge >= 0.3 is 0 Å². The molecule has 0 aromatic heterocycles. The molecule has 2 atom stereocenters. The number of hydrogen-bond donors (Lipinski definition) is 3. The third-order valence-corrected chi connectivity index (χ3v) is 12.5. The summed E-state index contributed by atoms with van der Waals surface area (Å²) in [4.78, 5) is 12.5. The average Bonchev–Trinajstić information content (AvgIpc) is 3.26. The molecule has 0 aliphatic heterocycles. The van der Waals surface area contributed by atoms with E-state index < -0.39 is 12.1 Å². The molecule has 0 aliphatic rings. The van der Waals surface area contributed by atoms with E-state index in [2.05, 4.69) is 55.6 Å². The minimum absolute atomic E-state index is 0.0758. The van der Waals surface area contributed by atoms with E-state index in [0.29, 0.717) is 6.42 Å². The summed E-state index contributed by atoms with van der Waals surface area (Å²) < 4.78 is 0. The normalized spacial score (nSPS) is 13.2. The summed E-state index contributed by atoms with van der Waals surface area (Å²) in [5.74, 6) is -0.0758. The van der Waals surface area contributed by atoms with Crippen molar-refractivity contribution in [3.63, 3.8) is 0 Å². The number of allylic oxidation sites excluding steroid dienone is 7. The van der Waals surface area contributed by atoms with E-state index in [9.17, 15) is 15.0 Å². The minimum Gasteiger partial charge on any atom is -0.394 e. The fourth-order valence-electron chi connectivity index (χ4n) is 8.34. The molecule has 1 amide bonds. The average molecular weight is 854 g/mol. The Labute approximate surface area is 382 Å². The first-order valence-corrected chi connectivity index (χ1v) is 27.4. The number of unbranched alkanes of at least 4 members (excludes halogenated alkanes) is 37. The number of rotatable bonds is 50. The van der Waals surface area contributed by atoms with Crippen LogP contribution in [0.4, 0.5) is 0 Å². The fraction of sp³-hybridized carbons (Fsp3) is 0.842. The lowest BCUT2D eigenvalue weighted by Crippen LogP contribution is -2.45. The highest BCUT2D eigenvalue weighted by molar-refractivity contribution is 5.76. The maximum absolute atomic E-state index is 12.5. The molecule has 0 saturated carbocycles. The Hall–Kier alpha value is -1.65. The van der Waals surface area contributed by atoms with E-state index in [4.69, 9.17) is 0 Å². The number of aliphatic hydroxyl groups excluding tert-OH is 2. The third kappa shape index (κ3) is 49.2. The summed E-state index contributed by atoms with van der Waals surface area (Å²) in [7, 11) is 0. The number of aliphatic hydroxyl groups is 2. The molecule has 4 nitrogen and oxygen atoms in total. The van der Waals surface area contributed by atoms with E-state index >= 15 is 0 Å². The van der Waals surface area contributed by atoms with Gasteiger partial charge in [-0.3, -0.25) is 4.79 Å². The van der Waals surface area contributed by atoms with Crippen LogP contribution in [0.5, 0.6) is 0 Å². The molecule has 0 saturated heterocycles. The summed E-state index contributed by atoms with van der Waals surface area (Å²) >= 11 is 0. The van der Waals surface area contributed by atoms with Gasteiger partial charge in [0.05, 0.1) is 18.8 Å². The predicted octanol–water partition coefficient (Wildman–Crippen LogP) is 17.9. The Balaban J connectivity index is 3.56. The van der Waals surface area contributed by atoms with Crippen LogP contribution in [0.3, 0.4) is 0 Å². The zero-order valence-electron chi connectivity index (χ0n) is 41.2. The monoisotopic (exact) mass is 854 g/mol. The van der Waals surface area contributed by atoms with Crippen molar-refractivity contribution < 1.29 is 15.0 Å². The lowest BCUT2D eigenvalue weighted by molar-refractivity contribution is -0.123. The second-order valence-corrected chi connectivity index (χ2v) is 18.6. The van der Waals surface area contributed by atoms with Crippen molar-refractivity contribution in [3.8, 4) is 0 Å². The number of carbonyl (C=O) groups excluding carboxylic acids is 1. The second kappa shape index (κ2) is 52.7. The first-order valence-electron chi connectivity index (χ1n) is 27.4. The Morgan fingerprint density at radius 3 is 1.05 bits per heavy atom. The largest absolute Gasteiger partial charge is 0.394 e. The highest BCUT2D eigenvalue weighted by Crippen LogP contribution is 2.16. The molecule has 61 heavy (non-hydrogen) atoms. The highest BCUT2D eigenvalue weighted by Gasteiger charge is 2.18. The molecule has 0 radical (unpaired) electrons. The van der Waals surface area contributed by atoms with Crippen molar-refractivity contribution in [3.05, 3.63) is 48.6 Å². The van der Waals surface area contributed by atoms with Gasteiger partial charge in [0, 0.05) is 6.42 Å². The van der Waals surface area contributed by atoms with Crippen molar-refractivity contribution in [1.29, 1.82) is 0 Å². The second-order valence-electron chi connectivity index (χ2n) is 18.6. The van der Waals surface area contributed by atoms with Crippen molar-refractivity contribution in [1.82, 2.24) is 5.32 Å².